The van der Waals surface area contributed by atoms with Gasteiger partial charge in [0.15, 0.2) is 0 Å². The summed E-state index contributed by atoms with van der Waals surface area (Å²) in [6.07, 6.45) is 1.39. The Labute approximate surface area is 77.3 Å². The number of carbonyl (C=O) groups excluding carboxylic acids is 1. The van der Waals surface area contributed by atoms with Crippen LogP contribution in [0.2, 0.25) is 0 Å². The molecule has 0 saturated carbocycles. The molecule has 1 aromatic carbocycles. The Morgan fingerprint density at radius 3 is 2.83 bits per heavy atom. The quantitative estimate of drug-likeness (QED) is 0.566. The van der Waals surface area contributed by atoms with E-state index >= 15 is 0 Å². The monoisotopic (exact) mass is 229 g/mol. The highest BCUT2D eigenvalue weighted by Gasteiger charge is 1.97. The minimum absolute atomic E-state index is 0.167. The van der Waals surface area contributed by atoms with E-state index in [2.05, 4.69) is 20.9 Å². The molecule has 0 amide bonds. The normalized spacial score (nSPS) is 9.17. The summed E-state index contributed by atoms with van der Waals surface area (Å²) in [4.78, 5) is 13.1. The molecular weight excluding hydrogens is 225 g/mol. The van der Waals surface area contributed by atoms with Crippen molar-refractivity contribution in [2.75, 3.05) is 0 Å². The first-order chi connectivity index (χ1) is 5.72. The lowest BCUT2D eigenvalue weighted by Crippen LogP contribution is -1.83. The van der Waals surface area contributed by atoms with E-state index in [-0.39, 0.29) is 12.4 Å². The molecule has 62 valence electrons. The maximum absolute atomic E-state index is 12.7. The number of hydrogen-bond donors (Lipinski definition) is 0. The first kappa shape index (κ1) is 9.10. The van der Waals surface area contributed by atoms with Crippen LogP contribution in [0.1, 0.15) is 5.56 Å². The summed E-state index contributed by atoms with van der Waals surface area (Å²) < 4.78 is 13.3. The molecule has 0 bridgehead atoms. The lowest BCUT2D eigenvalue weighted by molar-refractivity contribution is 0.562. The average Bonchev–Trinajstić information content (AvgIpc) is 1.99. The molecule has 0 fully saturated rings. The standard InChI is InChI=1S/C8H5BrFNO/c9-7-1-6(4-11-5-12)2-8(10)3-7/h1-3H,4H2. The molecule has 0 heterocycles. The van der Waals surface area contributed by atoms with Gasteiger partial charge in [0.05, 0.1) is 6.54 Å². The van der Waals surface area contributed by atoms with Gasteiger partial charge < -0.3 is 0 Å². The fourth-order valence-electron chi connectivity index (χ4n) is 0.826. The number of rotatable bonds is 2. The van der Waals surface area contributed by atoms with Gasteiger partial charge in [-0.05, 0) is 23.8 Å². The van der Waals surface area contributed by atoms with E-state index in [0.717, 1.165) is 0 Å². The van der Waals surface area contributed by atoms with Crippen LogP contribution in [0, 0.1) is 5.82 Å². The molecule has 4 heteroatoms. The van der Waals surface area contributed by atoms with Gasteiger partial charge in [-0.1, -0.05) is 15.9 Å². The lowest BCUT2D eigenvalue weighted by Gasteiger charge is -1.96. The zero-order chi connectivity index (χ0) is 8.97. The molecule has 0 spiro atoms. The summed E-state index contributed by atoms with van der Waals surface area (Å²) in [5.41, 5.74) is 0.644. The van der Waals surface area contributed by atoms with Crippen molar-refractivity contribution >= 4 is 22.0 Å². The van der Waals surface area contributed by atoms with Gasteiger partial charge >= 0.3 is 0 Å². The second-order valence-electron chi connectivity index (χ2n) is 2.19. The van der Waals surface area contributed by atoms with Crippen LogP contribution in [0.4, 0.5) is 4.39 Å². The minimum Gasteiger partial charge on any atom is -0.211 e. The Morgan fingerprint density at radius 2 is 2.25 bits per heavy atom. The Kier molecular flexibility index (Phi) is 3.14. The molecule has 0 aliphatic carbocycles. The van der Waals surface area contributed by atoms with E-state index in [4.69, 9.17) is 0 Å². The first-order valence-corrected chi connectivity index (χ1v) is 4.00. The van der Waals surface area contributed by atoms with Crippen LogP contribution in [0.5, 0.6) is 0 Å². The molecule has 1 rings (SSSR count). The highest BCUT2D eigenvalue weighted by molar-refractivity contribution is 9.10. The molecule has 0 saturated heterocycles. The average molecular weight is 230 g/mol. The molecule has 0 unspecified atom stereocenters. The summed E-state index contributed by atoms with van der Waals surface area (Å²) in [5.74, 6) is -0.347. The van der Waals surface area contributed by atoms with Crippen LogP contribution in [0.15, 0.2) is 27.7 Å². The van der Waals surface area contributed by atoms with Gasteiger partial charge in [-0.2, -0.15) is 0 Å². The van der Waals surface area contributed by atoms with Gasteiger partial charge in [0.2, 0.25) is 6.08 Å². The zero-order valence-electron chi connectivity index (χ0n) is 6.05. The summed E-state index contributed by atoms with van der Waals surface area (Å²) in [6.45, 7) is 0.167. The predicted octanol–water partition coefficient (Wildman–Crippen LogP) is 2.42. The molecule has 0 N–H and O–H groups in total. The summed E-state index contributed by atoms with van der Waals surface area (Å²) in [7, 11) is 0. The van der Waals surface area contributed by atoms with Gasteiger partial charge in [0.1, 0.15) is 5.82 Å². The third-order valence-corrected chi connectivity index (χ3v) is 1.71. The zero-order valence-corrected chi connectivity index (χ0v) is 7.64. The van der Waals surface area contributed by atoms with Crippen LogP contribution in [-0.4, -0.2) is 6.08 Å². The summed E-state index contributed by atoms with van der Waals surface area (Å²) in [5, 5.41) is 0. The van der Waals surface area contributed by atoms with Crippen LogP contribution in [0.3, 0.4) is 0 Å². The van der Waals surface area contributed by atoms with Gasteiger partial charge in [0, 0.05) is 4.47 Å². The number of aliphatic imine (C=N–C) groups is 1. The second kappa shape index (κ2) is 4.14. The highest BCUT2D eigenvalue weighted by atomic mass is 79.9. The number of nitrogens with zero attached hydrogens (tertiary/aromatic N) is 1. The third-order valence-electron chi connectivity index (χ3n) is 1.25. The van der Waals surface area contributed by atoms with Crippen molar-refractivity contribution in [2.45, 2.75) is 6.54 Å². The van der Waals surface area contributed by atoms with Crippen molar-refractivity contribution in [1.82, 2.24) is 0 Å². The molecular formula is C8H5BrFNO. The summed E-state index contributed by atoms with van der Waals surface area (Å²) >= 11 is 3.12. The summed E-state index contributed by atoms with van der Waals surface area (Å²) in [6, 6.07) is 4.36. The Bertz CT molecular complexity index is 314. The van der Waals surface area contributed by atoms with Crippen LogP contribution in [-0.2, 0) is 11.3 Å². The molecule has 0 aliphatic heterocycles. The number of benzene rings is 1. The van der Waals surface area contributed by atoms with Crippen molar-refractivity contribution < 1.29 is 9.18 Å². The van der Waals surface area contributed by atoms with Gasteiger partial charge in [0.25, 0.3) is 0 Å². The van der Waals surface area contributed by atoms with Gasteiger partial charge in [-0.3, -0.25) is 0 Å². The second-order valence-corrected chi connectivity index (χ2v) is 3.10. The van der Waals surface area contributed by atoms with E-state index in [9.17, 15) is 9.18 Å². The van der Waals surface area contributed by atoms with Crippen molar-refractivity contribution in [3.05, 3.63) is 34.1 Å². The number of hydrogen-bond acceptors (Lipinski definition) is 2. The molecule has 0 aromatic heterocycles. The fraction of sp³-hybridized carbons (Fsp3) is 0.125. The molecule has 0 atom stereocenters. The Balaban J connectivity index is 2.92. The smallest absolute Gasteiger partial charge is 0.211 e. The fourth-order valence-corrected chi connectivity index (χ4v) is 1.34. The number of halogens is 2. The van der Waals surface area contributed by atoms with Crippen LogP contribution < -0.4 is 0 Å². The number of isocyanates is 1. The predicted molar refractivity (Wildman–Crippen MR) is 45.9 cm³/mol. The van der Waals surface area contributed by atoms with Gasteiger partial charge in [-0.15, -0.1) is 0 Å². The molecule has 0 radical (unpaired) electrons. The largest absolute Gasteiger partial charge is 0.235 e. The van der Waals surface area contributed by atoms with E-state index in [0.29, 0.717) is 10.0 Å². The molecule has 2 nitrogen and oxygen atoms in total. The third kappa shape index (κ3) is 2.57. The van der Waals surface area contributed by atoms with Crippen molar-refractivity contribution in [3.8, 4) is 0 Å². The van der Waals surface area contributed by atoms with E-state index in [1.54, 1.807) is 6.07 Å². The Hall–Kier alpha value is -0.990. The lowest BCUT2D eigenvalue weighted by atomic mass is 10.2. The van der Waals surface area contributed by atoms with Gasteiger partial charge in [-0.25, -0.2) is 14.2 Å². The molecule has 1 aromatic rings. The maximum atomic E-state index is 12.7. The molecule has 0 aliphatic rings. The van der Waals surface area contributed by atoms with E-state index < -0.39 is 0 Å². The maximum Gasteiger partial charge on any atom is 0.235 e. The van der Waals surface area contributed by atoms with E-state index in [1.807, 2.05) is 0 Å². The first-order valence-electron chi connectivity index (χ1n) is 3.21. The van der Waals surface area contributed by atoms with Crippen molar-refractivity contribution in [3.63, 3.8) is 0 Å². The van der Waals surface area contributed by atoms with Crippen LogP contribution in [0.25, 0.3) is 0 Å². The molecule has 12 heavy (non-hydrogen) atoms. The highest BCUT2D eigenvalue weighted by Crippen LogP contribution is 2.15. The Morgan fingerprint density at radius 1 is 1.50 bits per heavy atom. The minimum atomic E-state index is -0.347. The topological polar surface area (TPSA) is 29.4 Å². The van der Waals surface area contributed by atoms with E-state index in [1.165, 1.54) is 18.2 Å². The van der Waals surface area contributed by atoms with Crippen LogP contribution >= 0.6 is 15.9 Å². The van der Waals surface area contributed by atoms with Crippen molar-refractivity contribution in [2.24, 2.45) is 4.99 Å². The SMILES string of the molecule is O=C=NCc1cc(F)cc(Br)c1. The van der Waals surface area contributed by atoms with Crippen molar-refractivity contribution in [1.29, 1.82) is 0 Å².